The van der Waals surface area contributed by atoms with E-state index in [4.69, 9.17) is 5.11 Å². The second-order valence-electron chi connectivity index (χ2n) is 4.04. The van der Waals surface area contributed by atoms with Gasteiger partial charge in [0.1, 0.15) is 0 Å². The van der Waals surface area contributed by atoms with Crippen molar-refractivity contribution >= 4 is 11.8 Å². The SMILES string of the molecule is CCCSCCCCC(C)(CO)NC. The first-order valence-electron chi connectivity index (χ1n) is 5.56. The number of rotatable bonds is 9. The van der Waals surface area contributed by atoms with Gasteiger partial charge in [0.15, 0.2) is 0 Å². The van der Waals surface area contributed by atoms with Crippen molar-refractivity contribution in [2.75, 3.05) is 25.2 Å². The van der Waals surface area contributed by atoms with E-state index in [2.05, 4.69) is 19.2 Å². The normalized spacial score (nSPS) is 15.4. The van der Waals surface area contributed by atoms with Gasteiger partial charge in [-0.05, 0) is 44.7 Å². The van der Waals surface area contributed by atoms with Gasteiger partial charge in [0.25, 0.3) is 0 Å². The van der Waals surface area contributed by atoms with Crippen molar-refractivity contribution in [2.45, 2.75) is 45.1 Å². The molecule has 0 saturated carbocycles. The Kier molecular flexibility index (Phi) is 8.73. The van der Waals surface area contributed by atoms with Gasteiger partial charge in [0.2, 0.25) is 0 Å². The Morgan fingerprint density at radius 3 is 2.50 bits per heavy atom. The molecule has 0 aromatic heterocycles. The summed E-state index contributed by atoms with van der Waals surface area (Å²) in [5.74, 6) is 2.54. The second-order valence-corrected chi connectivity index (χ2v) is 5.26. The number of hydrogen-bond donors (Lipinski definition) is 2. The van der Waals surface area contributed by atoms with Crippen LogP contribution in [0.2, 0.25) is 0 Å². The zero-order valence-corrected chi connectivity index (χ0v) is 10.6. The monoisotopic (exact) mass is 219 g/mol. The van der Waals surface area contributed by atoms with Gasteiger partial charge in [0.05, 0.1) is 6.61 Å². The van der Waals surface area contributed by atoms with Gasteiger partial charge in [-0.2, -0.15) is 11.8 Å². The zero-order chi connectivity index (χ0) is 10.9. The summed E-state index contributed by atoms with van der Waals surface area (Å²) >= 11 is 2.04. The molecule has 0 aliphatic rings. The highest BCUT2D eigenvalue weighted by atomic mass is 32.2. The van der Waals surface area contributed by atoms with Crippen molar-refractivity contribution in [3.8, 4) is 0 Å². The quantitative estimate of drug-likeness (QED) is 0.584. The third-order valence-corrected chi connectivity index (χ3v) is 3.84. The molecule has 2 nitrogen and oxygen atoms in total. The molecule has 0 aliphatic heterocycles. The predicted octanol–water partition coefficient (Wildman–Crippen LogP) is 2.27. The summed E-state index contributed by atoms with van der Waals surface area (Å²) < 4.78 is 0. The van der Waals surface area contributed by atoms with Gasteiger partial charge in [-0.15, -0.1) is 0 Å². The van der Waals surface area contributed by atoms with Gasteiger partial charge < -0.3 is 10.4 Å². The Balaban J connectivity index is 3.34. The Labute approximate surface area is 92.9 Å². The Bertz CT molecular complexity index is 126. The summed E-state index contributed by atoms with van der Waals surface area (Å²) in [7, 11) is 1.92. The largest absolute Gasteiger partial charge is 0.394 e. The fourth-order valence-corrected chi connectivity index (χ4v) is 2.15. The zero-order valence-electron chi connectivity index (χ0n) is 9.81. The summed E-state index contributed by atoms with van der Waals surface area (Å²) in [5, 5.41) is 12.3. The molecule has 14 heavy (non-hydrogen) atoms. The van der Waals surface area contributed by atoms with Crippen LogP contribution in [-0.4, -0.2) is 35.8 Å². The van der Waals surface area contributed by atoms with Gasteiger partial charge >= 0.3 is 0 Å². The standard InChI is InChI=1S/C11H25NOS/c1-4-8-14-9-6-5-7-11(2,10-13)12-3/h12-13H,4-10H2,1-3H3. The molecule has 0 rings (SSSR count). The maximum Gasteiger partial charge on any atom is 0.0610 e. The van der Waals surface area contributed by atoms with Crippen LogP contribution in [0.3, 0.4) is 0 Å². The lowest BCUT2D eigenvalue weighted by Gasteiger charge is -2.26. The minimum Gasteiger partial charge on any atom is -0.394 e. The summed E-state index contributed by atoms with van der Waals surface area (Å²) in [4.78, 5) is 0. The first-order chi connectivity index (χ1) is 6.68. The fraction of sp³-hybridized carbons (Fsp3) is 1.00. The highest BCUT2D eigenvalue weighted by molar-refractivity contribution is 7.99. The molecule has 0 aromatic carbocycles. The van der Waals surface area contributed by atoms with E-state index in [1.807, 2.05) is 18.8 Å². The molecule has 2 N–H and O–H groups in total. The van der Waals surface area contributed by atoms with Gasteiger partial charge in [-0.3, -0.25) is 0 Å². The van der Waals surface area contributed by atoms with Crippen LogP contribution in [0.1, 0.15) is 39.5 Å². The van der Waals surface area contributed by atoms with Crippen LogP contribution in [0.25, 0.3) is 0 Å². The first-order valence-corrected chi connectivity index (χ1v) is 6.71. The summed E-state index contributed by atoms with van der Waals surface area (Å²) in [6.07, 6.45) is 4.80. The van der Waals surface area contributed by atoms with E-state index in [-0.39, 0.29) is 12.1 Å². The molecule has 0 aliphatic carbocycles. The van der Waals surface area contributed by atoms with Gasteiger partial charge in [0, 0.05) is 5.54 Å². The molecule has 0 aromatic rings. The molecule has 1 unspecified atom stereocenters. The van der Waals surface area contributed by atoms with E-state index in [1.165, 1.54) is 30.8 Å². The lowest BCUT2D eigenvalue weighted by molar-refractivity contribution is 0.171. The summed E-state index contributed by atoms with van der Waals surface area (Å²) in [5.41, 5.74) is -0.0740. The van der Waals surface area contributed by atoms with Crippen LogP contribution in [-0.2, 0) is 0 Å². The van der Waals surface area contributed by atoms with Crippen molar-refractivity contribution in [3.63, 3.8) is 0 Å². The molecule has 0 amide bonds. The van der Waals surface area contributed by atoms with Crippen molar-refractivity contribution in [1.82, 2.24) is 5.32 Å². The lowest BCUT2D eigenvalue weighted by Crippen LogP contribution is -2.43. The predicted molar refractivity (Wildman–Crippen MR) is 66.0 cm³/mol. The third kappa shape index (κ3) is 6.68. The second kappa shape index (κ2) is 8.57. The Hall–Kier alpha value is 0.270. The van der Waals surface area contributed by atoms with Crippen LogP contribution in [0.4, 0.5) is 0 Å². The molecule has 0 radical (unpaired) electrons. The number of aliphatic hydroxyl groups excluding tert-OH is 1. The molecule has 1 atom stereocenters. The van der Waals surface area contributed by atoms with Crippen molar-refractivity contribution in [3.05, 3.63) is 0 Å². The van der Waals surface area contributed by atoms with Crippen LogP contribution in [0.5, 0.6) is 0 Å². The van der Waals surface area contributed by atoms with E-state index < -0.39 is 0 Å². The van der Waals surface area contributed by atoms with E-state index >= 15 is 0 Å². The molecule has 0 fully saturated rings. The van der Waals surface area contributed by atoms with Crippen molar-refractivity contribution < 1.29 is 5.11 Å². The molecule has 0 bridgehead atoms. The fourth-order valence-electron chi connectivity index (χ4n) is 1.25. The van der Waals surface area contributed by atoms with Gasteiger partial charge in [-0.1, -0.05) is 13.3 Å². The number of hydrogen-bond acceptors (Lipinski definition) is 3. The molecule has 0 spiro atoms. The topological polar surface area (TPSA) is 32.3 Å². The Morgan fingerprint density at radius 1 is 1.29 bits per heavy atom. The minimum atomic E-state index is -0.0740. The van der Waals surface area contributed by atoms with Crippen molar-refractivity contribution in [1.29, 1.82) is 0 Å². The molecule has 3 heteroatoms. The van der Waals surface area contributed by atoms with E-state index in [9.17, 15) is 0 Å². The molecule has 0 saturated heterocycles. The third-order valence-electron chi connectivity index (χ3n) is 2.57. The van der Waals surface area contributed by atoms with Crippen LogP contribution in [0, 0.1) is 0 Å². The van der Waals surface area contributed by atoms with Crippen molar-refractivity contribution in [2.24, 2.45) is 0 Å². The molecular formula is C11H25NOS. The summed E-state index contributed by atoms with van der Waals surface area (Å²) in [6.45, 7) is 4.52. The smallest absolute Gasteiger partial charge is 0.0610 e. The van der Waals surface area contributed by atoms with E-state index in [0.717, 1.165) is 6.42 Å². The van der Waals surface area contributed by atoms with Crippen LogP contribution < -0.4 is 5.32 Å². The molecule has 0 heterocycles. The average Bonchev–Trinajstić information content (AvgIpc) is 2.23. The Morgan fingerprint density at radius 2 is 2.00 bits per heavy atom. The van der Waals surface area contributed by atoms with E-state index in [1.54, 1.807) is 0 Å². The van der Waals surface area contributed by atoms with Crippen LogP contribution >= 0.6 is 11.8 Å². The van der Waals surface area contributed by atoms with E-state index in [0.29, 0.717) is 0 Å². The van der Waals surface area contributed by atoms with Crippen LogP contribution in [0.15, 0.2) is 0 Å². The lowest BCUT2D eigenvalue weighted by atomic mass is 9.96. The number of likely N-dealkylation sites (N-methyl/N-ethyl adjacent to an activating group) is 1. The summed E-state index contributed by atoms with van der Waals surface area (Å²) in [6, 6.07) is 0. The number of aliphatic hydroxyl groups is 1. The number of nitrogens with one attached hydrogen (secondary N) is 1. The number of thioether (sulfide) groups is 1. The van der Waals surface area contributed by atoms with Gasteiger partial charge in [-0.25, -0.2) is 0 Å². The molecular weight excluding hydrogens is 194 g/mol. The maximum absolute atomic E-state index is 9.16. The highest BCUT2D eigenvalue weighted by Crippen LogP contribution is 2.14. The highest BCUT2D eigenvalue weighted by Gasteiger charge is 2.19. The maximum atomic E-state index is 9.16. The number of unbranched alkanes of at least 4 members (excludes halogenated alkanes) is 1. The minimum absolute atomic E-state index is 0.0740. The first kappa shape index (κ1) is 14.3. The average molecular weight is 219 g/mol. The molecule has 86 valence electrons.